The number of methoxy groups -OCH3 is 3. The van der Waals surface area contributed by atoms with E-state index in [0.717, 1.165) is 0 Å². The van der Waals surface area contributed by atoms with Gasteiger partial charge < -0.3 is 24.8 Å². The molecule has 0 fully saturated rings. The Balaban J connectivity index is 3.07. The van der Waals surface area contributed by atoms with Gasteiger partial charge in [0.1, 0.15) is 22.9 Å². The van der Waals surface area contributed by atoms with Crippen molar-refractivity contribution in [3.8, 4) is 17.2 Å². The highest BCUT2D eigenvalue weighted by Gasteiger charge is 2.18. The van der Waals surface area contributed by atoms with Crippen molar-refractivity contribution < 1.29 is 19.0 Å². The molecule has 1 aromatic carbocycles. The first-order valence-electron chi connectivity index (χ1n) is 6.20. The SMILES string of the molecule is COc1cc(OC)c(NC(=O)NC(C)(C)C)c(OC)c1. The molecule has 0 saturated heterocycles. The van der Waals surface area contributed by atoms with Crippen LogP contribution in [0.4, 0.5) is 10.5 Å². The molecule has 0 aliphatic carbocycles. The van der Waals surface area contributed by atoms with Crippen molar-refractivity contribution in [2.45, 2.75) is 26.3 Å². The fraction of sp³-hybridized carbons (Fsp3) is 0.500. The van der Waals surface area contributed by atoms with Crippen molar-refractivity contribution in [2.24, 2.45) is 0 Å². The number of ether oxygens (including phenoxy) is 3. The summed E-state index contributed by atoms with van der Waals surface area (Å²) < 4.78 is 15.7. The molecule has 0 radical (unpaired) electrons. The van der Waals surface area contributed by atoms with E-state index >= 15 is 0 Å². The number of carbonyl (C=O) groups is 1. The summed E-state index contributed by atoms with van der Waals surface area (Å²) in [5.74, 6) is 1.51. The van der Waals surface area contributed by atoms with E-state index in [1.807, 2.05) is 20.8 Å². The highest BCUT2D eigenvalue weighted by molar-refractivity contribution is 5.93. The van der Waals surface area contributed by atoms with Crippen LogP contribution in [-0.4, -0.2) is 32.9 Å². The molecular weight excluding hydrogens is 260 g/mol. The fourth-order valence-electron chi connectivity index (χ4n) is 1.61. The maximum Gasteiger partial charge on any atom is 0.319 e. The van der Waals surface area contributed by atoms with E-state index in [4.69, 9.17) is 14.2 Å². The van der Waals surface area contributed by atoms with E-state index < -0.39 is 0 Å². The number of anilines is 1. The van der Waals surface area contributed by atoms with Crippen LogP contribution in [0.3, 0.4) is 0 Å². The van der Waals surface area contributed by atoms with Gasteiger partial charge in [-0.15, -0.1) is 0 Å². The van der Waals surface area contributed by atoms with Gasteiger partial charge in [0.2, 0.25) is 0 Å². The molecule has 6 nitrogen and oxygen atoms in total. The number of nitrogens with one attached hydrogen (secondary N) is 2. The Hall–Kier alpha value is -2.11. The van der Waals surface area contributed by atoms with Gasteiger partial charge >= 0.3 is 6.03 Å². The van der Waals surface area contributed by atoms with Crippen LogP contribution in [0.25, 0.3) is 0 Å². The standard InChI is InChI=1S/C14H22N2O4/c1-14(2,3)16-13(17)15-12-10(19-5)7-9(18-4)8-11(12)20-6/h7-8H,1-6H3,(H2,15,16,17). The van der Waals surface area contributed by atoms with Gasteiger partial charge in [0.15, 0.2) is 0 Å². The van der Waals surface area contributed by atoms with Gasteiger partial charge in [0.25, 0.3) is 0 Å². The lowest BCUT2D eigenvalue weighted by Gasteiger charge is -2.22. The number of carbonyl (C=O) groups excluding carboxylic acids is 1. The predicted octanol–water partition coefficient (Wildman–Crippen LogP) is 2.63. The number of hydrogen-bond donors (Lipinski definition) is 2. The molecule has 0 atom stereocenters. The van der Waals surface area contributed by atoms with Crippen LogP contribution in [0.2, 0.25) is 0 Å². The highest BCUT2D eigenvalue weighted by atomic mass is 16.5. The number of rotatable bonds is 4. The van der Waals surface area contributed by atoms with Gasteiger partial charge in [0.05, 0.1) is 21.3 Å². The van der Waals surface area contributed by atoms with Gasteiger partial charge in [-0.3, -0.25) is 0 Å². The van der Waals surface area contributed by atoms with Gasteiger partial charge in [-0.2, -0.15) is 0 Å². The summed E-state index contributed by atoms with van der Waals surface area (Å²) in [6.45, 7) is 5.69. The zero-order chi connectivity index (χ0) is 15.3. The molecule has 1 rings (SSSR count). The summed E-state index contributed by atoms with van der Waals surface area (Å²) in [5, 5.41) is 5.54. The molecule has 0 unspecified atom stereocenters. The van der Waals surface area contributed by atoms with Gasteiger partial charge in [0, 0.05) is 17.7 Å². The number of hydrogen-bond acceptors (Lipinski definition) is 4. The van der Waals surface area contributed by atoms with Crippen LogP contribution in [0, 0.1) is 0 Å². The number of urea groups is 1. The van der Waals surface area contributed by atoms with Crippen LogP contribution in [-0.2, 0) is 0 Å². The third-order valence-electron chi connectivity index (χ3n) is 2.44. The molecule has 0 saturated carbocycles. The molecule has 1 aromatic rings. The lowest BCUT2D eigenvalue weighted by molar-refractivity contribution is 0.243. The van der Waals surface area contributed by atoms with Gasteiger partial charge in [-0.05, 0) is 20.8 Å². The second-order valence-corrected chi connectivity index (χ2v) is 5.24. The van der Waals surface area contributed by atoms with Crippen LogP contribution in [0.5, 0.6) is 17.2 Å². The maximum atomic E-state index is 12.0. The zero-order valence-electron chi connectivity index (χ0n) is 12.8. The zero-order valence-corrected chi connectivity index (χ0v) is 12.8. The van der Waals surface area contributed by atoms with Crippen molar-refractivity contribution in [3.63, 3.8) is 0 Å². The second-order valence-electron chi connectivity index (χ2n) is 5.24. The van der Waals surface area contributed by atoms with Crippen molar-refractivity contribution in [2.75, 3.05) is 26.6 Å². The van der Waals surface area contributed by atoms with E-state index in [2.05, 4.69) is 10.6 Å². The molecule has 0 aromatic heterocycles. The molecule has 2 N–H and O–H groups in total. The molecule has 0 aliphatic rings. The largest absolute Gasteiger partial charge is 0.496 e. The molecule has 0 bridgehead atoms. The van der Waals surface area contributed by atoms with Crippen molar-refractivity contribution >= 4 is 11.7 Å². The van der Waals surface area contributed by atoms with E-state index in [1.54, 1.807) is 19.2 Å². The lowest BCUT2D eigenvalue weighted by atomic mass is 10.1. The van der Waals surface area contributed by atoms with Crippen LogP contribution >= 0.6 is 0 Å². The first kappa shape index (κ1) is 15.9. The van der Waals surface area contributed by atoms with Gasteiger partial charge in [-0.25, -0.2) is 4.79 Å². The second kappa shape index (κ2) is 6.36. The Morgan fingerprint density at radius 3 is 1.85 bits per heavy atom. The Morgan fingerprint density at radius 2 is 1.50 bits per heavy atom. The molecule has 0 aliphatic heterocycles. The summed E-state index contributed by atoms with van der Waals surface area (Å²) in [7, 11) is 4.58. The number of benzene rings is 1. The fourth-order valence-corrected chi connectivity index (χ4v) is 1.61. The van der Waals surface area contributed by atoms with Crippen molar-refractivity contribution in [1.29, 1.82) is 0 Å². The van der Waals surface area contributed by atoms with E-state index in [0.29, 0.717) is 22.9 Å². The topological polar surface area (TPSA) is 68.8 Å². The summed E-state index contributed by atoms with van der Waals surface area (Å²) in [6.07, 6.45) is 0. The third-order valence-corrected chi connectivity index (χ3v) is 2.44. The smallest absolute Gasteiger partial charge is 0.319 e. The Labute approximate surface area is 119 Å². The van der Waals surface area contributed by atoms with Gasteiger partial charge in [-0.1, -0.05) is 0 Å². The lowest BCUT2D eigenvalue weighted by Crippen LogP contribution is -2.43. The van der Waals surface area contributed by atoms with E-state index in [9.17, 15) is 4.79 Å². The molecule has 6 heteroatoms. The molecule has 0 spiro atoms. The summed E-state index contributed by atoms with van der Waals surface area (Å²) in [4.78, 5) is 12.0. The molecule has 20 heavy (non-hydrogen) atoms. The first-order chi connectivity index (χ1) is 9.30. The van der Waals surface area contributed by atoms with E-state index in [1.165, 1.54) is 14.2 Å². The summed E-state index contributed by atoms with van der Waals surface area (Å²) >= 11 is 0. The third kappa shape index (κ3) is 4.22. The van der Waals surface area contributed by atoms with Crippen LogP contribution < -0.4 is 24.8 Å². The summed E-state index contributed by atoms with van der Waals surface area (Å²) in [5.41, 5.74) is 0.120. The van der Waals surface area contributed by atoms with Crippen LogP contribution in [0.1, 0.15) is 20.8 Å². The van der Waals surface area contributed by atoms with E-state index in [-0.39, 0.29) is 11.6 Å². The minimum absolute atomic E-state index is 0.334. The minimum Gasteiger partial charge on any atom is -0.496 e. The van der Waals surface area contributed by atoms with Crippen molar-refractivity contribution in [1.82, 2.24) is 5.32 Å². The van der Waals surface area contributed by atoms with Crippen LogP contribution in [0.15, 0.2) is 12.1 Å². The molecule has 112 valence electrons. The summed E-state index contributed by atoms with van der Waals surface area (Å²) in [6, 6.07) is 3.02. The average Bonchev–Trinajstić information content (AvgIpc) is 2.36. The quantitative estimate of drug-likeness (QED) is 0.890. The highest BCUT2D eigenvalue weighted by Crippen LogP contribution is 2.38. The molecule has 0 heterocycles. The Morgan fingerprint density at radius 1 is 1.00 bits per heavy atom. The first-order valence-corrected chi connectivity index (χ1v) is 6.20. The normalized spacial score (nSPS) is 10.7. The minimum atomic E-state index is -0.336. The molecular formula is C14H22N2O4. The number of amides is 2. The average molecular weight is 282 g/mol. The van der Waals surface area contributed by atoms with Crippen molar-refractivity contribution in [3.05, 3.63) is 12.1 Å². The Bertz CT molecular complexity index is 456. The monoisotopic (exact) mass is 282 g/mol. The maximum absolute atomic E-state index is 12.0. The Kier molecular flexibility index (Phi) is 5.07. The molecule has 2 amide bonds. The predicted molar refractivity (Wildman–Crippen MR) is 78.0 cm³/mol.